The summed E-state index contributed by atoms with van der Waals surface area (Å²) in [5.74, 6) is 0.00466. The minimum Gasteiger partial charge on any atom is -0.310 e. The van der Waals surface area contributed by atoms with Gasteiger partial charge in [-0.2, -0.15) is 10.1 Å². The molecule has 0 unspecified atom stereocenters. The monoisotopic (exact) mass is 398 g/mol. The molecule has 10 heteroatoms. The van der Waals surface area contributed by atoms with E-state index in [1.165, 1.54) is 10.6 Å². The molecule has 0 saturated carbocycles. The molecule has 2 heterocycles. The highest BCUT2D eigenvalue weighted by Crippen LogP contribution is 2.25. The lowest BCUT2D eigenvalue weighted by molar-refractivity contribution is 0.594. The van der Waals surface area contributed by atoms with Crippen molar-refractivity contribution < 1.29 is 8.42 Å². The first-order chi connectivity index (χ1) is 11.8. The molecule has 0 aliphatic carbocycles. The maximum absolute atomic E-state index is 12.7. The molecule has 0 bridgehead atoms. The van der Waals surface area contributed by atoms with Gasteiger partial charge in [0.05, 0.1) is 12.1 Å². The van der Waals surface area contributed by atoms with E-state index < -0.39 is 15.4 Å². The largest absolute Gasteiger partial charge is 0.310 e. The molecule has 0 amide bonds. The van der Waals surface area contributed by atoms with Crippen LogP contribution in [0.4, 0.5) is 0 Å². The Morgan fingerprint density at radius 1 is 1.16 bits per heavy atom. The Labute approximate surface area is 153 Å². The molecule has 1 N–H and O–H groups in total. The number of aromatic amines is 1. The fraction of sp³-hybridized carbons (Fsp3) is 0.133. The fourth-order valence-electron chi connectivity index (χ4n) is 2.22. The third kappa shape index (κ3) is 3.60. The van der Waals surface area contributed by atoms with Gasteiger partial charge < -0.3 is 4.57 Å². The highest BCUT2D eigenvalue weighted by atomic mass is 35.5. The van der Waals surface area contributed by atoms with Gasteiger partial charge in [-0.15, -0.1) is 0 Å². The Kier molecular flexibility index (Phi) is 4.68. The Hall–Kier alpha value is -2.16. The van der Waals surface area contributed by atoms with E-state index in [-0.39, 0.29) is 23.1 Å². The minimum absolute atomic E-state index is 0.00466. The number of pyridine rings is 1. The molecule has 0 fully saturated rings. The molecule has 0 atom stereocenters. The van der Waals surface area contributed by atoms with Gasteiger partial charge in [0.1, 0.15) is 0 Å². The van der Waals surface area contributed by atoms with Crippen molar-refractivity contribution in [3.05, 3.63) is 62.5 Å². The van der Waals surface area contributed by atoms with Crippen LogP contribution >= 0.6 is 23.2 Å². The number of aromatic nitrogens is 4. The molecule has 0 spiro atoms. The molecule has 0 aliphatic heterocycles. The summed E-state index contributed by atoms with van der Waals surface area (Å²) in [4.78, 5) is 16.6. The zero-order valence-electron chi connectivity index (χ0n) is 12.9. The summed E-state index contributed by atoms with van der Waals surface area (Å²) >= 11 is 12.3. The first-order valence-corrected chi connectivity index (χ1v) is 9.67. The summed E-state index contributed by atoms with van der Waals surface area (Å²) in [5, 5.41) is 6.73. The smallest absolute Gasteiger partial charge is 0.262 e. The molecular weight excluding hydrogens is 387 g/mol. The van der Waals surface area contributed by atoms with Crippen LogP contribution < -0.4 is 5.56 Å². The molecular formula is C15H12Cl2N4O3S. The normalized spacial score (nSPS) is 11.6. The summed E-state index contributed by atoms with van der Waals surface area (Å²) in [6.07, 6.45) is 2.58. The molecule has 2 aromatic heterocycles. The lowest BCUT2D eigenvalue weighted by atomic mass is 10.2. The third-order valence-electron chi connectivity index (χ3n) is 3.47. The second kappa shape index (κ2) is 6.62. The topological polar surface area (TPSA) is 97.7 Å². The predicted molar refractivity (Wildman–Crippen MR) is 94.8 cm³/mol. The van der Waals surface area contributed by atoms with Crippen LogP contribution in [0.25, 0.3) is 11.4 Å². The van der Waals surface area contributed by atoms with Crippen molar-refractivity contribution in [2.45, 2.75) is 11.7 Å². The zero-order valence-corrected chi connectivity index (χ0v) is 15.2. The molecule has 1 aromatic carbocycles. The molecule has 0 radical (unpaired) electrons. The number of hydrogen-bond acceptors (Lipinski definition) is 5. The maximum Gasteiger partial charge on any atom is 0.262 e. The van der Waals surface area contributed by atoms with Crippen LogP contribution in [-0.4, -0.2) is 34.4 Å². The van der Waals surface area contributed by atoms with Gasteiger partial charge in [0.25, 0.3) is 5.56 Å². The average Bonchev–Trinajstić information content (AvgIpc) is 3.02. The number of hydrogen-bond donors (Lipinski definition) is 1. The Balaban J connectivity index is 2.04. The standard InChI is InChI=1S/C15H12Cl2N4O3S/c1-25(23,24)15-18-13(19-20-15)9-4-3-7-21(14(9)22)8-10-11(16)5-2-6-12(10)17/h2-7H,8H2,1H3,(H,18,19,20). The number of nitrogens with one attached hydrogen (secondary N) is 1. The average molecular weight is 399 g/mol. The Bertz CT molecular complexity index is 1090. The number of benzene rings is 1. The first-order valence-electron chi connectivity index (χ1n) is 7.02. The molecule has 0 saturated heterocycles. The van der Waals surface area contributed by atoms with Gasteiger partial charge in [-0.3, -0.25) is 4.79 Å². The SMILES string of the molecule is CS(=O)(=O)c1nc(-c2cccn(Cc3c(Cl)cccc3Cl)c2=O)n[nH]1. The van der Waals surface area contributed by atoms with Crippen LogP contribution in [-0.2, 0) is 16.4 Å². The van der Waals surface area contributed by atoms with E-state index in [4.69, 9.17) is 23.2 Å². The number of H-pyrrole nitrogens is 1. The Morgan fingerprint density at radius 2 is 1.84 bits per heavy atom. The van der Waals surface area contributed by atoms with Crippen LogP contribution in [0.3, 0.4) is 0 Å². The zero-order chi connectivity index (χ0) is 18.2. The summed E-state index contributed by atoms with van der Waals surface area (Å²) in [6.45, 7) is 0.161. The van der Waals surface area contributed by atoms with E-state index in [9.17, 15) is 13.2 Å². The number of halogens is 2. The van der Waals surface area contributed by atoms with Gasteiger partial charge in [-0.1, -0.05) is 29.3 Å². The molecule has 0 aliphatic rings. The van der Waals surface area contributed by atoms with E-state index in [0.29, 0.717) is 15.6 Å². The highest BCUT2D eigenvalue weighted by molar-refractivity contribution is 7.90. The van der Waals surface area contributed by atoms with Gasteiger partial charge in [-0.05, 0) is 24.3 Å². The van der Waals surface area contributed by atoms with E-state index in [1.807, 2.05) is 0 Å². The Morgan fingerprint density at radius 3 is 2.44 bits per heavy atom. The van der Waals surface area contributed by atoms with E-state index in [1.54, 1.807) is 30.5 Å². The molecule has 3 rings (SSSR count). The van der Waals surface area contributed by atoms with Crippen molar-refractivity contribution in [1.29, 1.82) is 0 Å². The first kappa shape index (κ1) is 17.7. The minimum atomic E-state index is -3.55. The van der Waals surface area contributed by atoms with Crippen molar-refractivity contribution >= 4 is 33.0 Å². The molecule has 3 aromatic rings. The van der Waals surface area contributed by atoms with Crippen LogP contribution in [0.5, 0.6) is 0 Å². The summed E-state index contributed by atoms with van der Waals surface area (Å²) < 4.78 is 24.4. The van der Waals surface area contributed by atoms with Gasteiger partial charge >= 0.3 is 0 Å². The van der Waals surface area contributed by atoms with E-state index in [2.05, 4.69) is 15.2 Å². The summed E-state index contributed by atoms with van der Waals surface area (Å²) in [6, 6.07) is 8.24. The van der Waals surface area contributed by atoms with Crippen molar-refractivity contribution in [3.8, 4) is 11.4 Å². The van der Waals surface area contributed by atoms with E-state index in [0.717, 1.165) is 6.26 Å². The van der Waals surface area contributed by atoms with Crippen molar-refractivity contribution in [2.75, 3.05) is 6.26 Å². The maximum atomic E-state index is 12.7. The molecule has 25 heavy (non-hydrogen) atoms. The van der Waals surface area contributed by atoms with Crippen LogP contribution in [0.2, 0.25) is 10.0 Å². The lowest BCUT2D eigenvalue weighted by Crippen LogP contribution is -2.22. The van der Waals surface area contributed by atoms with Crippen LogP contribution in [0.1, 0.15) is 5.56 Å². The second-order valence-electron chi connectivity index (χ2n) is 5.29. The van der Waals surface area contributed by atoms with Crippen LogP contribution in [0, 0.1) is 0 Å². The quantitative estimate of drug-likeness (QED) is 0.727. The molecule has 7 nitrogen and oxygen atoms in total. The van der Waals surface area contributed by atoms with Gasteiger partial charge in [0.2, 0.25) is 15.0 Å². The number of sulfone groups is 1. The number of rotatable bonds is 4. The lowest BCUT2D eigenvalue weighted by Gasteiger charge is -2.10. The van der Waals surface area contributed by atoms with Crippen molar-refractivity contribution in [3.63, 3.8) is 0 Å². The van der Waals surface area contributed by atoms with Crippen LogP contribution in [0.15, 0.2) is 46.5 Å². The summed E-state index contributed by atoms with van der Waals surface area (Å²) in [5.41, 5.74) is 0.381. The van der Waals surface area contributed by atoms with E-state index >= 15 is 0 Å². The number of nitrogens with zero attached hydrogens (tertiary/aromatic N) is 3. The predicted octanol–water partition coefficient (Wildman–Crippen LogP) is 2.39. The second-order valence-corrected chi connectivity index (χ2v) is 8.04. The van der Waals surface area contributed by atoms with Gasteiger partial charge in [0.15, 0.2) is 5.82 Å². The van der Waals surface area contributed by atoms with Crippen molar-refractivity contribution in [1.82, 2.24) is 19.7 Å². The highest BCUT2D eigenvalue weighted by Gasteiger charge is 2.17. The van der Waals surface area contributed by atoms with Crippen molar-refractivity contribution in [2.24, 2.45) is 0 Å². The van der Waals surface area contributed by atoms with Gasteiger partial charge in [-0.25, -0.2) is 13.5 Å². The fourth-order valence-corrected chi connectivity index (χ4v) is 3.20. The third-order valence-corrected chi connectivity index (χ3v) is 5.06. The van der Waals surface area contributed by atoms with Gasteiger partial charge in [0, 0.05) is 28.1 Å². The summed E-state index contributed by atoms with van der Waals surface area (Å²) in [7, 11) is -3.55. The molecule has 130 valence electrons.